The van der Waals surface area contributed by atoms with Crippen molar-refractivity contribution in [2.45, 2.75) is 0 Å². The maximum Gasteiger partial charge on any atom is 0.232 e. The molecule has 0 saturated heterocycles. The van der Waals surface area contributed by atoms with Crippen molar-refractivity contribution in [3.63, 3.8) is 0 Å². The Hall–Kier alpha value is -1.55. The Morgan fingerprint density at radius 2 is 1.92 bits per heavy atom. The highest BCUT2D eigenvalue weighted by molar-refractivity contribution is 7.19. The Bertz CT molecular complexity index is 411. The van der Waals surface area contributed by atoms with Crippen molar-refractivity contribution in [2.24, 2.45) is 0 Å². The van der Waals surface area contributed by atoms with Gasteiger partial charge >= 0.3 is 0 Å². The molecule has 0 spiro atoms. The number of rotatable bonds is 1. The molecule has 0 aliphatic rings. The first kappa shape index (κ1) is 8.07. The average molecular weight is 192 g/mol. The zero-order chi connectivity index (χ0) is 9.26. The van der Waals surface area contributed by atoms with Crippen molar-refractivity contribution < 1.29 is 5.11 Å². The minimum absolute atomic E-state index is 0.00806. The van der Waals surface area contributed by atoms with Gasteiger partial charge in [-0.15, -0.1) is 0 Å². The summed E-state index contributed by atoms with van der Waals surface area (Å²) < 4.78 is 0. The minimum atomic E-state index is 0.00806. The number of anilines is 1. The van der Waals surface area contributed by atoms with E-state index in [1.54, 1.807) is 0 Å². The fourth-order valence-corrected chi connectivity index (χ4v) is 1.84. The number of aromatic nitrogens is 1. The molecule has 2 aromatic rings. The first-order chi connectivity index (χ1) is 6.27. The van der Waals surface area contributed by atoms with Crippen LogP contribution in [0.1, 0.15) is 0 Å². The lowest BCUT2D eigenvalue weighted by Gasteiger charge is -1.94. The van der Waals surface area contributed by atoms with Crippen LogP contribution in [0.4, 0.5) is 5.13 Å². The van der Waals surface area contributed by atoms with Crippen molar-refractivity contribution in [2.75, 3.05) is 5.73 Å². The van der Waals surface area contributed by atoms with Gasteiger partial charge in [-0.1, -0.05) is 41.7 Å². The first-order valence-electron chi connectivity index (χ1n) is 3.78. The van der Waals surface area contributed by atoms with Gasteiger partial charge in [-0.2, -0.15) is 4.98 Å². The smallest absolute Gasteiger partial charge is 0.232 e. The molecule has 0 fully saturated rings. The molecule has 4 heteroatoms. The fraction of sp³-hybridized carbons (Fsp3) is 0. The highest BCUT2D eigenvalue weighted by Gasteiger charge is 2.09. The lowest BCUT2D eigenvalue weighted by atomic mass is 10.2. The predicted octanol–water partition coefficient (Wildman–Crippen LogP) is 2.10. The van der Waals surface area contributed by atoms with E-state index in [9.17, 15) is 5.11 Å². The third-order valence-electron chi connectivity index (χ3n) is 1.66. The molecule has 0 aliphatic carbocycles. The van der Waals surface area contributed by atoms with Crippen LogP contribution >= 0.6 is 11.3 Å². The second-order valence-corrected chi connectivity index (χ2v) is 3.60. The zero-order valence-corrected chi connectivity index (χ0v) is 7.58. The summed E-state index contributed by atoms with van der Waals surface area (Å²) in [6, 6.07) is 9.56. The highest BCUT2D eigenvalue weighted by atomic mass is 32.1. The van der Waals surface area contributed by atoms with Crippen molar-refractivity contribution in [1.29, 1.82) is 0 Å². The molecule has 0 bridgehead atoms. The minimum Gasteiger partial charge on any atom is -0.492 e. The number of nitrogen functional groups attached to an aromatic ring is 1. The van der Waals surface area contributed by atoms with Crippen molar-refractivity contribution in [3.05, 3.63) is 30.3 Å². The number of nitrogens with two attached hydrogens (primary N) is 1. The topological polar surface area (TPSA) is 59.1 Å². The van der Waals surface area contributed by atoms with Gasteiger partial charge in [-0.05, 0) is 5.56 Å². The van der Waals surface area contributed by atoms with Crippen LogP contribution in [0.25, 0.3) is 10.4 Å². The van der Waals surface area contributed by atoms with Crippen LogP contribution in [0.3, 0.4) is 0 Å². The second-order valence-electron chi connectivity index (χ2n) is 2.57. The number of thiazole rings is 1. The molecule has 0 unspecified atom stereocenters. The standard InChI is InChI=1S/C9H8N2OS/c10-9-11-8(12)7(13-9)6-4-2-1-3-5-6/h1-5,12H,(H2,10,11). The van der Waals surface area contributed by atoms with E-state index in [1.165, 1.54) is 11.3 Å². The number of benzene rings is 1. The molecule has 0 atom stereocenters. The van der Waals surface area contributed by atoms with Crippen LogP contribution in [0.15, 0.2) is 30.3 Å². The van der Waals surface area contributed by atoms with Crippen molar-refractivity contribution >= 4 is 16.5 Å². The van der Waals surface area contributed by atoms with Gasteiger partial charge in [0.15, 0.2) is 5.13 Å². The van der Waals surface area contributed by atoms with Crippen molar-refractivity contribution in [3.8, 4) is 16.3 Å². The third kappa shape index (κ3) is 1.48. The van der Waals surface area contributed by atoms with E-state index in [2.05, 4.69) is 4.98 Å². The lowest BCUT2D eigenvalue weighted by Crippen LogP contribution is -1.78. The second kappa shape index (κ2) is 3.06. The maximum atomic E-state index is 9.40. The molecule has 1 aromatic heterocycles. The molecule has 1 heterocycles. The van der Waals surface area contributed by atoms with Gasteiger partial charge in [0.2, 0.25) is 5.88 Å². The zero-order valence-electron chi connectivity index (χ0n) is 6.77. The molecule has 3 nitrogen and oxygen atoms in total. The molecule has 0 radical (unpaired) electrons. The molecule has 3 N–H and O–H groups in total. The molecular weight excluding hydrogens is 184 g/mol. The largest absolute Gasteiger partial charge is 0.492 e. The Morgan fingerprint density at radius 1 is 1.23 bits per heavy atom. The monoisotopic (exact) mass is 192 g/mol. The number of nitrogens with zero attached hydrogens (tertiary/aromatic N) is 1. The summed E-state index contributed by atoms with van der Waals surface area (Å²) in [5.41, 5.74) is 6.40. The van der Waals surface area contributed by atoms with Gasteiger partial charge in [0.05, 0.1) is 4.88 Å². The van der Waals surface area contributed by atoms with Crippen LogP contribution in [0.2, 0.25) is 0 Å². The summed E-state index contributed by atoms with van der Waals surface area (Å²) >= 11 is 1.28. The molecule has 0 amide bonds. The highest BCUT2D eigenvalue weighted by Crippen LogP contribution is 2.35. The number of hydrogen-bond donors (Lipinski definition) is 2. The molecule has 0 aliphatic heterocycles. The van der Waals surface area contributed by atoms with Gasteiger partial charge < -0.3 is 10.8 Å². The molecule has 2 rings (SSSR count). The fourth-order valence-electron chi connectivity index (χ4n) is 1.11. The summed E-state index contributed by atoms with van der Waals surface area (Å²) in [6.07, 6.45) is 0. The molecule has 66 valence electrons. The van der Waals surface area contributed by atoms with E-state index in [0.717, 1.165) is 10.4 Å². The van der Waals surface area contributed by atoms with Crippen molar-refractivity contribution in [1.82, 2.24) is 4.98 Å². The Kier molecular flexibility index (Phi) is 1.90. The van der Waals surface area contributed by atoms with Crippen LogP contribution in [0, 0.1) is 0 Å². The van der Waals surface area contributed by atoms with E-state index >= 15 is 0 Å². The van der Waals surface area contributed by atoms with E-state index in [0.29, 0.717) is 5.13 Å². The Labute approximate surface area is 79.5 Å². The summed E-state index contributed by atoms with van der Waals surface area (Å²) in [5.74, 6) is 0.00806. The van der Waals surface area contributed by atoms with Gasteiger partial charge in [-0.3, -0.25) is 0 Å². The van der Waals surface area contributed by atoms with Crippen LogP contribution in [-0.4, -0.2) is 10.1 Å². The average Bonchev–Trinajstić information content (AvgIpc) is 2.47. The molecule has 0 saturated carbocycles. The number of hydrogen-bond acceptors (Lipinski definition) is 4. The summed E-state index contributed by atoms with van der Waals surface area (Å²) in [5, 5.41) is 9.79. The first-order valence-corrected chi connectivity index (χ1v) is 4.59. The van der Waals surface area contributed by atoms with E-state index < -0.39 is 0 Å². The third-order valence-corrected chi connectivity index (χ3v) is 2.58. The van der Waals surface area contributed by atoms with Gasteiger partial charge in [-0.25, -0.2) is 0 Å². The van der Waals surface area contributed by atoms with Crippen LogP contribution < -0.4 is 5.73 Å². The Morgan fingerprint density at radius 3 is 2.46 bits per heavy atom. The summed E-state index contributed by atoms with van der Waals surface area (Å²) in [4.78, 5) is 4.46. The van der Waals surface area contributed by atoms with Gasteiger partial charge in [0.1, 0.15) is 0 Å². The quantitative estimate of drug-likeness (QED) is 0.727. The van der Waals surface area contributed by atoms with E-state index in [1.807, 2.05) is 30.3 Å². The van der Waals surface area contributed by atoms with Gasteiger partial charge in [0, 0.05) is 0 Å². The van der Waals surface area contributed by atoms with E-state index in [-0.39, 0.29) is 5.88 Å². The normalized spacial score (nSPS) is 10.2. The van der Waals surface area contributed by atoms with Crippen LogP contribution in [-0.2, 0) is 0 Å². The maximum absolute atomic E-state index is 9.40. The summed E-state index contributed by atoms with van der Waals surface area (Å²) in [7, 11) is 0. The summed E-state index contributed by atoms with van der Waals surface area (Å²) in [6.45, 7) is 0. The predicted molar refractivity (Wildman–Crippen MR) is 53.6 cm³/mol. The molecular formula is C9H8N2OS. The number of aromatic hydroxyl groups is 1. The van der Waals surface area contributed by atoms with Crippen LogP contribution in [0.5, 0.6) is 5.88 Å². The SMILES string of the molecule is Nc1nc(O)c(-c2ccccc2)s1. The van der Waals surface area contributed by atoms with Gasteiger partial charge in [0.25, 0.3) is 0 Å². The van der Waals surface area contributed by atoms with E-state index in [4.69, 9.17) is 5.73 Å². The molecule has 13 heavy (non-hydrogen) atoms. The molecule has 1 aromatic carbocycles. The lowest BCUT2D eigenvalue weighted by molar-refractivity contribution is 0.460. The Balaban J connectivity index is 2.53.